The average Bonchev–Trinajstić information content (AvgIpc) is 2.46. The number of para-hydroxylation sites is 2. The van der Waals surface area contributed by atoms with Crippen molar-refractivity contribution in [2.75, 3.05) is 25.5 Å². The van der Waals surface area contributed by atoms with Gasteiger partial charge in [0.05, 0.1) is 11.4 Å². The number of anilines is 2. The van der Waals surface area contributed by atoms with Gasteiger partial charge in [0.25, 0.3) is 0 Å². The molecule has 112 valence electrons. The highest BCUT2D eigenvalue weighted by molar-refractivity contribution is 7.99. The first kappa shape index (κ1) is 16.2. The molecule has 0 spiro atoms. The van der Waals surface area contributed by atoms with Crippen LogP contribution in [-0.2, 0) is 0 Å². The van der Waals surface area contributed by atoms with Crippen molar-refractivity contribution in [1.29, 1.82) is 0 Å². The molecule has 0 N–H and O–H groups in total. The first-order chi connectivity index (χ1) is 9.66. The first-order valence-electron chi connectivity index (χ1n) is 6.96. The number of benzene rings is 2. The lowest BCUT2D eigenvalue weighted by Crippen LogP contribution is -2.37. The van der Waals surface area contributed by atoms with Gasteiger partial charge in [-0.1, -0.05) is 36.0 Å². The topological polar surface area (TPSA) is 6.48 Å². The molecule has 0 fully saturated rings. The smallest absolute Gasteiger partial charge is 0.0553 e. The van der Waals surface area contributed by atoms with Gasteiger partial charge in [-0.05, 0) is 45.3 Å². The van der Waals surface area contributed by atoms with Gasteiger partial charge in [-0.2, -0.15) is 0 Å². The van der Waals surface area contributed by atoms with Gasteiger partial charge in [-0.15, -0.1) is 12.4 Å². The summed E-state index contributed by atoms with van der Waals surface area (Å²) in [6.45, 7) is 3.27. The molecule has 2 nitrogen and oxygen atoms in total. The van der Waals surface area contributed by atoms with E-state index in [-0.39, 0.29) is 12.4 Å². The quantitative estimate of drug-likeness (QED) is 0.812. The largest absolute Gasteiger partial charge is 0.338 e. The summed E-state index contributed by atoms with van der Waals surface area (Å²) >= 11 is 1.87. The number of rotatable bonds is 3. The molecule has 0 radical (unpaired) electrons. The molecule has 0 saturated heterocycles. The summed E-state index contributed by atoms with van der Waals surface area (Å²) < 4.78 is 0. The number of hydrogen-bond donors (Lipinski definition) is 0. The van der Waals surface area contributed by atoms with E-state index < -0.39 is 0 Å². The lowest BCUT2D eigenvalue weighted by atomic mass is 10.2. The van der Waals surface area contributed by atoms with E-state index in [1.165, 1.54) is 21.2 Å². The number of likely N-dealkylation sites (N-methyl/N-ethyl adjacent to an activating group) is 1. The second-order valence-electron chi connectivity index (χ2n) is 5.46. The molecule has 1 atom stereocenters. The van der Waals surface area contributed by atoms with Crippen molar-refractivity contribution in [3.8, 4) is 0 Å². The maximum Gasteiger partial charge on any atom is 0.0553 e. The SMILES string of the molecule is C[C@H](CN1c2ccccc2Sc2ccccc21)N(C)C.Cl. The summed E-state index contributed by atoms with van der Waals surface area (Å²) in [7, 11) is 4.28. The number of hydrogen-bond acceptors (Lipinski definition) is 3. The van der Waals surface area contributed by atoms with E-state index in [2.05, 4.69) is 79.3 Å². The van der Waals surface area contributed by atoms with Crippen LogP contribution in [0.15, 0.2) is 58.3 Å². The molecule has 0 aromatic heterocycles. The maximum atomic E-state index is 2.45. The van der Waals surface area contributed by atoms with Crippen molar-refractivity contribution >= 4 is 35.5 Å². The lowest BCUT2D eigenvalue weighted by Gasteiger charge is -2.36. The highest BCUT2D eigenvalue weighted by Crippen LogP contribution is 2.47. The Labute approximate surface area is 137 Å². The van der Waals surface area contributed by atoms with Crippen molar-refractivity contribution in [3.05, 3.63) is 48.5 Å². The average molecular weight is 321 g/mol. The fourth-order valence-electron chi connectivity index (χ4n) is 2.41. The van der Waals surface area contributed by atoms with Gasteiger partial charge >= 0.3 is 0 Å². The van der Waals surface area contributed by atoms with Crippen LogP contribution in [-0.4, -0.2) is 31.6 Å². The van der Waals surface area contributed by atoms with Gasteiger partial charge in [0.1, 0.15) is 0 Å². The monoisotopic (exact) mass is 320 g/mol. The molecule has 2 aromatic carbocycles. The van der Waals surface area contributed by atoms with E-state index >= 15 is 0 Å². The molecule has 1 aliphatic rings. The van der Waals surface area contributed by atoms with E-state index in [4.69, 9.17) is 0 Å². The van der Waals surface area contributed by atoms with Gasteiger partial charge in [0.2, 0.25) is 0 Å². The lowest BCUT2D eigenvalue weighted by molar-refractivity contribution is 0.319. The van der Waals surface area contributed by atoms with Gasteiger partial charge in [-0.25, -0.2) is 0 Å². The third kappa shape index (κ3) is 3.20. The summed E-state index contributed by atoms with van der Waals surface area (Å²) in [5, 5.41) is 0. The Morgan fingerprint density at radius 1 is 0.952 bits per heavy atom. The Morgan fingerprint density at radius 3 is 1.90 bits per heavy atom. The summed E-state index contributed by atoms with van der Waals surface area (Å²) in [5.41, 5.74) is 2.65. The maximum absolute atomic E-state index is 2.45. The predicted octanol–water partition coefficient (Wildman–Crippen LogP) is 4.66. The fourth-order valence-corrected chi connectivity index (χ4v) is 3.50. The van der Waals surface area contributed by atoms with Gasteiger partial charge in [-0.3, -0.25) is 0 Å². The van der Waals surface area contributed by atoms with Crippen molar-refractivity contribution in [2.24, 2.45) is 0 Å². The Bertz CT molecular complexity index is 570. The molecule has 0 saturated carbocycles. The molecule has 21 heavy (non-hydrogen) atoms. The summed E-state index contributed by atoms with van der Waals surface area (Å²) in [6, 6.07) is 17.9. The van der Waals surface area contributed by atoms with Crippen LogP contribution in [0.3, 0.4) is 0 Å². The molecule has 1 heterocycles. The van der Waals surface area contributed by atoms with Crippen LogP contribution in [0.5, 0.6) is 0 Å². The molecular weight excluding hydrogens is 300 g/mol. The molecule has 0 amide bonds. The highest BCUT2D eigenvalue weighted by Gasteiger charge is 2.24. The summed E-state index contributed by atoms with van der Waals surface area (Å²) in [6.07, 6.45) is 0. The van der Waals surface area contributed by atoms with Gasteiger partial charge in [0.15, 0.2) is 0 Å². The zero-order valence-corrected chi connectivity index (χ0v) is 14.2. The van der Waals surface area contributed by atoms with E-state index in [0.717, 1.165) is 6.54 Å². The van der Waals surface area contributed by atoms with E-state index in [9.17, 15) is 0 Å². The second kappa shape index (κ2) is 6.73. The van der Waals surface area contributed by atoms with Crippen molar-refractivity contribution in [1.82, 2.24) is 4.90 Å². The highest BCUT2D eigenvalue weighted by atomic mass is 35.5. The molecule has 0 bridgehead atoms. The molecule has 3 rings (SSSR count). The Morgan fingerprint density at radius 2 is 1.43 bits per heavy atom. The Kier molecular flexibility index (Phi) is 5.20. The van der Waals surface area contributed by atoms with E-state index in [0.29, 0.717) is 6.04 Å². The van der Waals surface area contributed by atoms with Crippen molar-refractivity contribution in [2.45, 2.75) is 22.8 Å². The van der Waals surface area contributed by atoms with Crippen LogP contribution >= 0.6 is 24.2 Å². The molecule has 4 heteroatoms. The molecule has 0 unspecified atom stereocenters. The zero-order chi connectivity index (χ0) is 14.1. The van der Waals surface area contributed by atoms with Gasteiger partial charge in [0, 0.05) is 22.4 Å². The van der Waals surface area contributed by atoms with E-state index in [1.54, 1.807) is 0 Å². The third-order valence-corrected chi connectivity index (χ3v) is 4.99. The van der Waals surface area contributed by atoms with Crippen LogP contribution < -0.4 is 4.90 Å². The molecule has 1 aliphatic heterocycles. The minimum atomic E-state index is 0. The van der Waals surface area contributed by atoms with E-state index in [1.807, 2.05) is 11.8 Å². The molecule has 0 aliphatic carbocycles. The van der Waals surface area contributed by atoms with Crippen molar-refractivity contribution < 1.29 is 0 Å². The normalized spacial score (nSPS) is 14.2. The fraction of sp³-hybridized carbons (Fsp3) is 0.294. The third-order valence-electron chi connectivity index (χ3n) is 3.86. The Balaban J connectivity index is 0.00000161. The van der Waals surface area contributed by atoms with Crippen LogP contribution in [0.4, 0.5) is 11.4 Å². The van der Waals surface area contributed by atoms with Crippen LogP contribution in [0.2, 0.25) is 0 Å². The summed E-state index contributed by atoms with van der Waals surface area (Å²) in [5.74, 6) is 0. The van der Waals surface area contributed by atoms with Gasteiger partial charge < -0.3 is 9.80 Å². The van der Waals surface area contributed by atoms with Crippen LogP contribution in [0.1, 0.15) is 6.92 Å². The predicted molar refractivity (Wildman–Crippen MR) is 94.4 cm³/mol. The van der Waals surface area contributed by atoms with Crippen molar-refractivity contribution in [3.63, 3.8) is 0 Å². The summed E-state index contributed by atoms with van der Waals surface area (Å²) in [4.78, 5) is 7.41. The molecule has 2 aromatic rings. The van der Waals surface area contributed by atoms with Crippen LogP contribution in [0.25, 0.3) is 0 Å². The number of fused-ring (bicyclic) bond motifs is 2. The van der Waals surface area contributed by atoms with Crippen LogP contribution in [0, 0.1) is 0 Å². The minimum absolute atomic E-state index is 0. The first-order valence-corrected chi connectivity index (χ1v) is 7.78. The standard InChI is InChI=1S/C17H20N2S.ClH/c1-13(18(2)3)12-19-14-8-4-6-10-16(14)20-17-11-7-5-9-15(17)19;/h4-11,13H,12H2,1-3H3;1H/t13-;/m1./s1. The number of nitrogens with zero attached hydrogens (tertiary/aromatic N) is 2. The zero-order valence-electron chi connectivity index (χ0n) is 12.6. The molecular formula is C17H21ClN2S. The second-order valence-corrected chi connectivity index (χ2v) is 6.54. The Hall–Kier alpha value is -1.16. The number of halogens is 1. The minimum Gasteiger partial charge on any atom is -0.338 e.